The number of nitrogens with one attached hydrogen (secondary N) is 2. The molecule has 0 fully saturated rings. The van der Waals surface area contributed by atoms with E-state index in [1.165, 1.54) is 18.2 Å². The standard InChI is InChI=1S/C19H21N3O5/c1-3-6-18(23)20-14-7-5-8-15(12-14)21-19(24)13-9-10-17(27-4-2)16(11-13)22(25)26/h5,7-12H,3-4,6H2,1-2H3,(H,20,23)(H,21,24). The molecule has 0 saturated heterocycles. The fourth-order valence-electron chi connectivity index (χ4n) is 2.41. The van der Waals surface area contributed by atoms with Gasteiger partial charge < -0.3 is 15.4 Å². The molecule has 0 unspecified atom stereocenters. The summed E-state index contributed by atoms with van der Waals surface area (Å²) in [6.07, 6.45) is 1.14. The molecule has 0 atom stereocenters. The molecule has 0 aliphatic rings. The minimum absolute atomic E-state index is 0.108. The predicted molar refractivity (Wildman–Crippen MR) is 102 cm³/mol. The first-order chi connectivity index (χ1) is 12.9. The lowest BCUT2D eigenvalue weighted by Gasteiger charge is -2.10. The highest BCUT2D eigenvalue weighted by Crippen LogP contribution is 2.28. The van der Waals surface area contributed by atoms with Crippen molar-refractivity contribution in [2.24, 2.45) is 0 Å². The number of anilines is 2. The average molecular weight is 371 g/mol. The maximum absolute atomic E-state index is 12.4. The van der Waals surface area contributed by atoms with Crippen LogP contribution < -0.4 is 15.4 Å². The van der Waals surface area contributed by atoms with Gasteiger partial charge in [-0.2, -0.15) is 0 Å². The molecule has 0 radical (unpaired) electrons. The zero-order valence-electron chi connectivity index (χ0n) is 15.2. The van der Waals surface area contributed by atoms with E-state index in [-0.39, 0.29) is 29.5 Å². The van der Waals surface area contributed by atoms with Gasteiger partial charge in [0.1, 0.15) is 0 Å². The SMILES string of the molecule is CCCC(=O)Nc1cccc(NC(=O)c2ccc(OCC)c([N+](=O)[O-])c2)c1. The molecule has 0 saturated carbocycles. The topological polar surface area (TPSA) is 111 Å². The first-order valence-electron chi connectivity index (χ1n) is 8.57. The van der Waals surface area contributed by atoms with Crippen LogP contribution in [0.1, 0.15) is 37.0 Å². The second kappa shape index (κ2) is 9.33. The van der Waals surface area contributed by atoms with E-state index in [0.29, 0.717) is 17.8 Å². The summed E-state index contributed by atoms with van der Waals surface area (Å²) >= 11 is 0. The number of rotatable bonds is 8. The molecule has 0 aromatic heterocycles. The van der Waals surface area contributed by atoms with Crippen LogP contribution in [0, 0.1) is 10.1 Å². The lowest BCUT2D eigenvalue weighted by atomic mass is 10.1. The molecule has 2 aromatic rings. The largest absolute Gasteiger partial charge is 0.487 e. The smallest absolute Gasteiger partial charge is 0.311 e. The second-order valence-electron chi connectivity index (χ2n) is 5.71. The fraction of sp³-hybridized carbons (Fsp3) is 0.263. The van der Waals surface area contributed by atoms with E-state index in [2.05, 4.69) is 10.6 Å². The summed E-state index contributed by atoms with van der Waals surface area (Å²) in [4.78, 5) is 34.7. The number of nitro benzene ring substituents is 1. The molecule has 8 nitrogen and oxygen atoms in total. The zero-order chi connectivity index (χ0) is 19.8. The molecule has 8 heteroatoms. The van der Waals surface area contributed by atoms with Gasteiger partial charge in [0.05, 0.1) is 11.5 Å². The molecule has 0 heterocycles. The Kier molecular flexibility index (Phi) is 6.87. The number of nitro groups is 1. The van der Waals surface area contributed by atoms with Crippen molar-refractivity contribution in [1.29, 1.82) is 0 Å². The van der Waals surface area contributed by atoms with Gasteiger partial charge in [-0.15, -0.1) is 0 Å². The van der Waals surface area contributed by atoms with Crippen LogP contribution >= 0.6 is 0 Å². The Balaban J connectivity index is 2.16. The molecule has 0 bridgehead atoms. The summed E-state index contributed by atoms with van der Waals surface area (Å²) in [6.45, 7) is 3.91. The monoisotopic (exact) mass is 371 g/mol. The van der Waals surface area contributed by atoms with E-state index < -0.39 is 10.8 Å². The lowest BCUT2D eigenvalue weighted by molar-refractivity contribution is -0.385. The Labute approximate surface area is 156 Å². The van der Waals surface area contributed by atoms with Gasteiger partial charge in [-0.25, -0.2) is 0 Å². The third kappa shape index (κ3) is 5.53. The summed E-state index contributed by atoms with van der Waals surface area (Å²) in [5.41, 5.74) is 0.880. The highest BCUT2D eigenvalue weighted by molar-refractivity contribution is 6.05. The highest BCUT2D eigenvalue weighted by Gasteiger charge is 2.18. The Bertz CT molecular complexity index is 851. The van der Waals surface area contributed by atoms with Crippen molar-refractivity contribution < 1.29 is 19.2 Å². The van der Waals surface area contributed by atoms with E-state index in [9.17, 15) is 19.7 Å². The van der Waals surface area contributed by atoms with Crippen molar-refractivity contribution in [2.75, 3.05) is 17.2 Å². The van der Waals surface area contributed by atoms with Gasteiger partial charge in [-0.3, -0.25) is 19.7 Å². The van der Waals surface area contributed by atoms with Crippen LogP contribution in [0.3, 0.4) is 0 Å². The molecule has 2 rings (SSSR count). The minimum atomic E-state index is -0.592. The van der Waals surface area contributed by atoms with Crippen molar-refractivity contribution in [3.63, 3.8) is 0 Å². The predicted octanol–water partition coefficient (Wildman–Crippen LogP) is 3.98. The Morgan fingerprint density at radius 1 is 1.07 bits per heavy atom. The highest BCUT2D eigenvalue weighted by atomic mass is 16.6. The summed E-state index contributed by atoms with van der Waals surface area (Å²) in [7, 11) is 0. The summed E-state index contributed by atoms with van der Waals surface area (Å²) in [5, 5.41) is 16.6. The number of hydrogen-bond donors (Lipinski definition) is 2. The first-order valence-corrected chi connectivity index (χ1v) is 8.57. The number of nitrogens with zero attached hydrogens (tertiary/aromatic N) is 1. The van der Waals surface area contributed by atoms with Crippen molar-refractivity contribution in [1.82, 2.24) is 0 Å². The van der Waals surface area contributed by atoms with Crippen molar-refractivity contribution in [3.05, 3.63) is 58.1 Å². The van der Waals surface area contributed by atoms with Gasteiger partial charge in [-0.05, 0) is 43.7 Å². The molecular formula is C19H21N3O5. The van der Waals surface area contributed by atoms with Crippen molar-refractivity contribution >= 4 is 28.9 Å². The van der Waals surface area contributed by atoms with Crippen molar-refractivity contribution in [3.8, 4) is 5.75 Å². The van der Waals surface area contributed by atoms with E-state index in [1.807, 2.05) is 6.92 Å². The van der Waals surface area contributed by atoms with Gasteiger partial charge in [-0.1, -0.05) is 13.0 Å². The maximum Gasteiger partial charge on any atom is 0.311 e. The number of hydrogen-bond acceptors (Lipinski definition) is 5. The molecule has 27 heavy (non-hydrogen) atoms. The number of ether oxygens (including phenoxy) is 1. The first kappa shape index (κ1) is 19.9. The van der Waals surface area contributed by atoms with Crippen LogP contribution in [0.25, 0.3) is 0 Å². The van der Waals surface area contributed by atoms with Gasteiger partial charge >= 0.3 is 5.69 Å². The normalized spacial score (nSPS) is 10.1. The zero-order valence-corrected chi connectivity index (χ0v) is 15.2. The van der Waals surface area contributed by atoms with Crippen LogP contribution in [-0.2, 0) is 4.79 Å². The summed E-state index contributed by atoms with van der Waals surface area (Å²) in [5.74, 6) is -0.499. The van der Waals surface area contributed by atoms with Crippen LogP contribution in [-0.4, -0.2) is 23.3 Å². The fourth-order valence-corrected chi connectivity index (χ4v) is 2.41. The van der Waals surface area contributed by atoms with Gasteiger partial charge in [0.2, 0.25) is 5.91 Å². The van der Waals surface area contributed by atoms with Gasteiger partial charge in [0, 0.05) is 29.4 Å². The van der Waals surface area contributed by atoms with Crippen LogP contribution in [0.15, 0.2) is 42.5 Å². The van der Waals surface area contributed by atoms with E-state index >= 15 is 0 Å². The Hall–Kier alpha value is -3.42. The van der Waals surface area contributed by atoms with E-state index in [0.717, 1.165) is 6.42 Å². The van der Waals surface area contributed by atoms with Gasteiger partial charge in [0.25, 0.3) is 5.91 Å². The van der Waals surface area contributed by atoms with Gasteiger partial charge in [0.15, 0.2) is 5.75 Å². The second-order valence-corrected chi connectivity index (χ2v) is 5.71. The molecule has 0 aliphatic carbocycles. The lowest BCUT2D eigenvalue weighted by Crippen LogP contribution is -2.14. The molecule has 2 aromatic carbocycles. The number of amides is 2. The number of benzene rings is 2. The molecule has 0 aliphatic heterocycles. The van der Waals surface area contributed by atoms with Crippen LogP contribution in [0.2, 0.25) is 0 Å². The quantitative estimate of drug-likeness (QED) is 0.538. The van der Waals surface area contributed by atoms with Crippen LogP contribution in [0.4, 0.5) is 17.1 Å². The van der Waals surface area contributed by atoms with Crippen molar-refractivity contribution in [2.45, 2.75) is 26.7 Å². The van der Waals surface area contributed by atoms with E-state index in [1.54, 1.807) is 31.2 Å². The third-order valence-electron chi connectivity index (χ3n) is 3.60. The molecule has 2 N–H and O–H groups in total. The summed E-state index contributed by atoms with van der Waals surface area (Å²) in [6, 6.07) is 10.7. The third-order valence-corrected chi connectivity index (χ3v) is 3.60. The molecular weight excluding hydrogens is 350 g/mol. The van der Waals surface area contributed by atoms with E-state index in [4.69, 9.17) is 4.74 Å². The summed E-state index contributed by atoms with van der Waals surface area (Å²) < 4.78 is 5.21. The Morgan fingerprint density at radius 2 is 1.78 bits per heavy atom. The number of carbonyl (C=O) groups excluding carboxylic acids is 2. The minimum Gasteiger partial charge on any atom is -0.487 e. The molecule has 142 valence electrons. The molecule has 0 spiro atoms. The number of carbonyl (C=O) groups is 2. The van der Waals surface area contributed by atoms with Crippen LogP contribution in [0.5, 0.6) is 5.75 Å². The average Bonchev–Trinajstić information content (AvgIpc) is 2.62. The maximum atomic E-state index is 12.4. The Morgan fingerprint density at radius 3 is 2.41 bits per heavy atom. The molecule has 2 amide bonds.